The monoisotopic (exact) mass is 408 g/mol. The minimum absolute atomic E-state index is 0.579. The van der Waals surface area contributed by atoms with Gasteiger partial charge in [-0.3, -0.25) is 0 Å². The highest BCUT2D eigenvalue weighted by Crippen LogP contribution is 2.02. The Morgan fingerprint density at radius 3 is 1.22 bits per heavy atom. The van der Waals surface area contributed by atoms with Crippen molar-refractivity contribution in [1.29, 1.82) is 0 Å². The average molecular weight is 409 g/mol. The molecule has 0 aromatic rings. The van der Waals surface area contributed by atoms with Crippen molar-refractivity contribution in [2.75, 3.05) is 72.7 Å². The van der Waals surface area contributed by atoms with Gasteiger partial charge in [-0.2, -0.15) is 0 Å². The van der Waals surface area contributed by atoms with E-state index in [1.54, 1.807) is 0 Å². The van der Waals surface area contributed by atoms with Gasteiger partial charge in [-0.15, -0.1) is 0 Å². The fourth-order valence-electron chi connectivity index (χ4n) is 2.20. The summed E-state index contributed by atoms with van der Waals surface area (Å²) in [7, 11) is -1.42. The van der Waals surface area contributed by atoms with Gasteiger partial charge in [0.2, 0.25) is 0 Å². The van der Waals surface area contributed by atoms with Gasteiger partial charge in [0, 0.05) is 6.61 Å². The van der Waals surface area contributed by atoms with Crippen molar-refractivity contribution in [3.63, 3.8) is 0 Å². The lowest BCUT2D eigenvalue weighted by Crippen LogP contribution is -2.27. The Morgan fingerprint density at radius 1 is 0.444 bits per heavy atom. The predicted molar refractivity (Wildman–Crippen MR) is 112 cm³/mol. The van der Waals surface area contributed by atoms with Crippen LogP contribution in [-0.2, 0) is 28.1 Å². The molecular formula is C20H44O6Si. The maximum atomic E-state index is 5.70. The van der Waals surface area contributed by atoms with Gasteiger partial charge < -0.3 is 28.1 Å². The topological polar surface area (TPSA) is 55.4 Å². The molecule has 164 valence electrons. The van der Waals surface area contributed by atoms with E-state index in [1.807, 2.05) is 0 Å². The SMILES string of the molecule is CCCCCCCOCCOCCOCCOCCOCCO[Si](C)(C)C. The molecule has 0 aromatic heterocycles. The normalized spacial score (nSPS) is 12.0. The van der Waals surface area contributed by atoms with Crippen LogP contribution >= 0.6 is 0 Å². The molecule has 0 spiro atoms. The van der Waals surface area contributed by atoms with Gasteiger partial charge in [-0.25, -0.2) is 0 Å². The molecule has 0 radical (unpaired) electrons. The number of ether oxygens (including phenoxy) is 5. The zero-order valence-corrected chi connectivity index (χ0v) is 19.3. The Labute approximate surface area is 168 Å². The molecule has 0 N–H and O–H groups in total. The number of hydrogen-bond donors (Lipinski definition) is 0. The van der Waals surface area contributed by atoms with Crippen molar-refractivity contribution in [3.05, 3.63) is 0 Å². The molecule has 7 heteroatoms. The van der Waals surface area contributed by atoms with Gasteiger partial charge in [-0.1, -0.05) is 32.6 Å². The maximum Gasteiger partial charge on any atom is 0.183 e. The second-order valence-electron chi connectivity index (χ2n) is 7.44. The summed E-state index contributed by atoms with van der Waals surface area (Å²) < 4.78 is 33.0. The third-order valence-corrected chi connectivity index (χ3v) is 4.71. The van der Waals surface area contributed by atoms with Crippen molar-refractivity contribution in [1.82, 2.24) is 0 Å². The Balaban J connectivity index is 3.01. The van der Waals surface area contributed by atoms with Gasteiger partial charge in [0.1, 0.15) is 0 Å². The fourth-order valence-corrected chi connectivity index (χ4v) is 2.89. The lowest BCUT2D eigenvalue weighted by molar-refractivity contribution is -0.0130. The zero-order chi connectivity index (χ0) is 20.1. The van der Waals surface area contributed by atoms with Crippen LogP contribution in [0, 0.1) is 0 Å². The first-order chi connectivity index (χ1) is 13.1. The van der Waals surface area contributed by atoms with Crippen molar-refractivity contribution in [2.24, 2.45) is 0 Å². The first kappa shape index (κ1) is 27.0. The van der Waals surface area contributed by atoms with E-state index in [4.69, 9.17) is 28.1 Å². The van der Waals surface area contributed by atoms with Crippen LogP contribution in [0.2, 0.25) is 19.6 Å². The summed E-state index contributed by atoms with van der Waals surface area (Å²) in [6, 6.07) is 0. The highest BCUT2D eigenvalue weighted by Gasteiger charge is 2.12. The van der Waals surface area contributed by atoms with E-state index < -0.39 is 8.32 Å². The average Bonchev–Trinajstić information content (AvgIpc) is 2.62. The summed E-state index contributed by atoms with van der Waals surface area (Å²) in [5.41, 5.74) is 0. The summed E-state index contributed by atoms with van der Waals surface area (Å²) in [5.74, 6) is 0. The van der Waals surface area contributed by atoms with Crippen LogP contribution in [0.25, 0.3) is 0 Å². The molecule has 0 bridgehead atoms. The minimum atomic E-state index is -1.42. The molecule has 0 aliphatic rings. The fraction of sp³-hybridized carbons (Fsp3) is 1.00. The van der Waals surface area contributed by atoms with E-state index in [2.05, 4.69) is 26.6 Å². The summed E-state index contributed by atoms with van der Waals surface area (Å²) in [6.07, 6.45) is 6.35. The molecule has 0 unspecified atom stereocenters. The molecule has 0 aliphatic carbocycles. The van der Waals surface area contributed by atoms with Gasteiger partial charge in [0.05, 0.1) is 66.1 Å². The van der Waals surface area contributed by atoms with Crippen LogP contribution in [0.4, 0.5) is 0 Å². The van der Waals surface area contributed by atoms with Crippen molar-refractivity contribution >= 4 is 8.32 Å². The predicted octanol–water partition coefficient (Wildman–Crippen LogP) is 3.89. The molecule has 27 heavy (non-hydrogen) atoms. The molecule has 0 amide bonds. The van der Waals surface area contributed by atoms with Crippen LogP contribution in [-0.4, -0.2) is 81.0 Å². The van der Waals surface area contributed by atoms with Gasteiger partial charge in [0.25, 0.3) is 0 Å². The Hall–Kier alpha value is -0.0231. The quantitative estimate of drug-likeness (QED) is 0.200. The number of unbranched alkanes of at least 4 members (excludes halogenated alkanes) is 4. The third-order valence-electron chi connectivity index (χ3n) is 3.64. The standard InChI is InChI=1S/C20H44O6Si/c1-5-6-7-8-9-10-21-11-12-22-13-14-23-15-16-24-17-18-25-19-20-26-27(2,3)4/h5-20H2,1-4H3. The van der Waals surface area contributed by atoms with Gasteiger partial charge >= 0.3 is 0 Å². The van der Waals surface area contributed by atoms with Gasteiger partial charge in [0.15, 0.2) is 8.32 Å². The van der Waals surface area contributed by atoms with E-state index in [1.165, 1.54) is 25.7 Å². The number of rotatable bonds is 22. The third kappa shape index (κ3) is 26.0. The molecule has 0 fully saturated rings. The molecular weight excluding hydrogens is 364 g/mol. The zero-order valence-electron chi connectivity index (χ0n) is 18.3. The molecule has 0 aromatic carbocycles. The largest absolute Gasteiger partial charge is 0.415 e. The number of hydrogen-bond acceptors (Lipinski definition) is 6. The Morgan fingerprint density at radius 2 is 0.815 bits per heavy atom. The lowest BCUT2D eigenvalue weighted by Gasteiger charge is -2.16. The van der Waals surface area contributed by atoms with Crippen LogP contribution in [0.3, 0.4) is 0 Å². The lowest BCUT2D eigenvalue weighted by atomic mass is 10.2. The summed E-state index contributed by atoms with van der Waals surface area (Å²) in [5, 5.41) is 0. The summed E-state index contributed by atoms with van der Waals surface area (Å²) in [4.78, 5) is 0. The molecule has 0 saturated carbocycles. The second-order valence-corrected chi connectivity index (χ2v) is 12.0. The van der Waals surface area contributed by atoms with Crippen molar-refractivity contribution in [2.45, 2.75) is 58.7 Å². The second kappa shape index (κ2) is 20.7. The van der Waals surface area contributed by atoms with Crippen LogP contribution in [0.1, 0.15) is 39.0 Å². The summed E-state index contributed by atoms with van der Waals surface area (Å²) in [6.45, 7) is 15.7. The highest BCUT2D eigenvalue weighted by atomic mass is 28.4. The molecule has 0 atom stereocenters. The molecule has 0 saturated heterocycles. The van der Waals surface area contributed by atoms with Crippen LogP contribution in [0.15, 0.2) is 0 Å². The smallest absolute Gasteiger partial charge is 0.183 e. The first-order valence-electron chi connectivity index (χ1n) is 10.6. The van der Waals surface area contributed by atoms with Crippen molar-refractivity contribution < 1.29 is 28.1 Å². The molecule has 6 nitrogen and oxygen atoms in total. The van der Waals surface area contributed by atoms with E-state index in [0.29, 0.717) is 66.1 Å². The molecule has 0 heterocycles. The summed E-state index contributed by atoms with van der Waals surface area (Å²) >= 11 is 0. The van der Waals surface area contributed by atoms with E-state index in [-0.39, 0.29) is 0 Å². The molecule has 0 aliphatic heterocycles. The van der Waals surface area contributed by atoms with E-state index in [0.717, 1.165) is 13.0 Å². The van der Waals surface area contributed by atoms with Crippen LogP contribution < -0.4 is 0 Å². The van der Waals surface area contributed by atoms with E-state index >= 15 is 0 Å². The van der Waals surface area contributed by atoms with E-state index in [9.17, 15) is 0 Å². The Bertz CT molecular complexity index is 286. The Kier molecular flexibility index (Phi) is 20.7. The van der Waals surface area contributed by atoms with Crippen molar-refractivity contribution in [3.8, 4) is 0 Å². The van der Waals surface area contributed by atoms with Crippen LogP contribution in [0.5, 0.6) is 0 Å². The highest BCUT2D eigenvalue weighted by molar-refractivity contribution is 6.69. The minimum Gasteiger partial charge on any atom is -0.415 e. The molecule has 0 rings (SSSR count). The first-order valence-corrected chi connectivity index (χ1v) is 14.0. The van der Waals surface area contributed by atoms with Gasteiger partial charge in [-0.05, 0) is 26.1 Å². The maximum absolute atomic E-state index is 5.70.